The zero-order valence-corrected chi connectivity index (χ0v) is 17.8. The molecule has 0 radical (unpaired) electrons. The third-order valence-electron chi connectivity index (χ3n) is 4.20. The van der Waals surface area contributed by atoms with Crippen LogP contribution in [0.15, 0.2) is 30.3 Å². The third kappa shape index (κ3) is 4.42. The van der Waals surface area contributed by atoms with Crippen LogP contribution in [-0.2, 0) is 4.79 Å². The summed E-state index contributed by atoms with van der Waals surface area (Å²) >= 11 is 0. The van der Waals surface area contributed by atoms with E-state index >= 15 is 4.39 Å². The highest BCUT2D eigenvalue weighted by Gasteiger charge is 2.36. The smallest absolute Gasteiger partial charge is 0.269 e. The number of methoxy groups -OCH3 is 3. The lowest BCUT2D eigenvalue weighted by molar-refractivity contribution is -0.129. The summed E-state index contributed by atoms with van der Waals surface area (Å²) in [6, 6.07) is -2.59. The highest BCUT2D eigenvalue weighted by molar-refractivity contribution is 5.99. The average molecular weight is 482 g/mol. The fraction of sp³-hybridized carbons (Fsp3) is 0.273. The fourth-order valence-corrected chi connectivity index (χ4v) is 2.69. The van der Waals surface area contributed by atoms with E-state index in [1.54, 1.807) is 0 Å². The van der Waals surface area contributed by atoms with E-state index in [-0.39, 0.29) is 22.9 Å². The SMILES string of the molecule is [2H]c1nc(Nc2c([2H])c(OC)c(OC)c(OC)c2[2H])nc(Nc2nc3c(c([2H])c2[2H])OC(C([2H])([2H])[2H])(C([2H])([2H])[2H])C(=O)N3)c1F. The first-order chi connectivity index (χ1) is 20.8. The van der Waals surface area contributed by atoms with Gasteiger partial charge in [-0.15, -0.1) is 0 Å². The number of halogens is 1. The van der Waals surface area contributed by atoms with Gasteiger partial charge in [0.25, 0.3) is 5.91 Å². The first-order valence-electron chi connectivity index (χ1n) is 14.7. The molecule has 0 atom stereocenters. The number of rotatable bonds is 7. The predicted octanol–water partition coefficient (Wildman–Crippen LogP) is 3.63. The van der Waals surface area contributed by atoms with Crippen LogP contribution in [0.25, 0.3) is 0 Å². The molecule has 0 fully saturated rings. The van der Waals surface area contributed by atoms with Gasteiger partial charge >= 0.3 is 0 Å². The number of hydrogen-bond donors (Lipinski definition) is 3. The molecule has 0 bridgehead atoms. The molecule has 0 aliphatic carbocycles. The van der Waals surface area contributed by atoms with Crippen LogP contribution in [0.5, 0.6) is 23.0 Å². The summed E-state index contributed by atoms with van der Waals surface area (Å²) < 4.78 is 123. The summed E-state index contributed by atoms with van der Waals surface area (Å²) in [6.07, 6.45) is -0.993. The first kappa shape index (κ1) is 12.8. The van der Waals surface area contributed by atoms with E-state index in [1.807, 2.05) is 5.32 Å². The second-order valence-corrected chi connectivity index (χ2v) is 6.42. The number of anilines is 5. The number of hydrogen-bond acceptors (Lipinski definition) is 10. The number of nitrogens with one attached hydrogen (secondary N) is 3. The molecule has 3 heterocycles. The molecule has 3 aromatic rings. The zero-order valence-electron chi connectivity index (χ0n) is 28.8. The van der Waals surface area contributed by atoms with Crippen LogP contribution in [0, 0.1) is 5.82 Å². The van der Waals surface area contributed by atoms with Crippen molar-refractivity contribution in [2.24, 2.45) is 0 Å². The molecule has 0 spiro atoms. The lowest BCUT2D eigenvalue weighted by atomic mass is 10.1. The molecule has 0 unspecified atom stereocenters. The van der Waals surface area contributed by atoms with Gasteiger partial charge in [-0.2, -0.15) is 4.98 Å². The zero-order chi connectivity index (χ0) is 33.8. The lowest BCUT2D eigenvalue weighted by Crippen LogP contribution is -2.46. The Morgan fingerprint density at radius 2 is 1.85 bits per heavy atom. The van der Waals surface area contributed by atoms with Crippen LogP contribution >= 0.6 is 0 Å². The molecule has 2 aromatic heterocycles. The van der Waals surface area contributed by atoms with Crippen molar-refractivity contribution in [3.05, 3.63) is 36.2 Å². The lowest BCUT2D eigenvalue weighted by Gasteiger charge is -2.30. The van der Waals surface area contributed by atoms with Gasteiger partial charge in [0.05, 0.1) is 34.4 Å². The highest BCUT2D eigenvalue weighted by atomic mass is 19.1. The summed E-state index contributed by atoms with van der Waals surface area (Å²) in [7, 11) is 3.75. The molecule has 0 saturated carbocycles. The molecule has 11 nitrogen and oxygen atoms in total. The van der Waals surface area contributed by atoms with Gasteiger partial charge in [0.15, 0.2) is 40.3 Å². The Bertz CT molecular complexity index is 1660. The van der Waals surface area contributed by atoms with Crippen molar-refractivity contribution in [3.8, 4) is 23.0 Å². The van der Waals surface area contributed by atoms with Crippen LogP contribution in [-0.4, -0.2) is 47.8 Å². The van der Waals surface area contributed by atoms with Gasteiger partial charge in [-0.05, 0) is 25.8 Å². The minimum Gasteiger partial charge on any atom is -0.493 e. The second kappa shape index (κ2) is 8.89. The summed E-state index contributed by atoms with van der Waals surface area (Å²) in [5.74, 6) is -6.75. The normalized spacial score (nSPS) is 19.2. The fourth-order valence-electron chi connectivity index (χ4n) is 2.69. The van der Waals surface area contributed by atoms with Crippen LogP contribution in [0.4, 0.5) is 33.5 Å². The summed E-state index contributed by atoms with van der Waals surface area (Å²) in [5, 5.41) is 6.80. The Labute approximate surface area is 210 Å². The minimum atomic E-state index is -3.54. The van der Waals surface area contributed by atoms with Gasteiger partial charge in [0, 0.05) is 26.0 Å². The number of pyridine rings is 1. The molecule has 178 valence electrons. The van der Waals surface area contributed by atoms with Crippen molar-refractivity contribution in [1.82, 2.24) is 15.0 Å². The van der Waals surface area contributed by atoms with Gasteiger partial charge in [-0.25, -0.2) is 14.4 Å². The van der Waals surface area contributed by atoms with E-state index in [9.17, 15) is 4.79 Å². The molecular weight excluding hydrogens is 447 g/mol. The maximum absolute atomic E-state index is 15.0. The number of amides is 1. The number of carbonyl (C=O) groups excluding carboxylic acids is 1. The number of aromatic nitrogens is 3. The van der Waals surface area contributed by atoms with Crippen LogP contribution < -0.4 is 34.9 Å². The Kier molecular flexibility index (Phi) is 3.34. The molecule has 4 rings (SSSR count). The maximum atomic E-state index is 15.0. The van der Waals surface area contributed by atoms with E-state index in [0.29, 0.717) is 0 Å². The predicted molar refractivity (Wildman–Crippen MR) is 122 cm³/mol. The van der Waals surface area contributed by atoms with Crippen molar-refractivity contribution < 1.29 is 43.2 Å². The molecular formula is C22H23FN6O5. The quantitative estimate of drug-likeness (QED) is 0.460. The molecule has 0 saturated heterocycles. The Morgan fingerprint density at radius 3 is 2.50 bits per heavy atom. The van der Waals surface area contributed by atoms with Crippen molar-refractivity contribution in [3.63, 3.8) is 0 Å². The number of fused-ring (bicyclic) bond motifs is 1. The minimum absolute atomic E-state index is 0.0530. The summed E-state index contributed by atoms with van der Waals surface area (Å²) in [4.78, 5) is 24.3. The van der Waals surface area contributed by atoms with Crippen molar-refractivity contribution in [1.29, 1.82) is 0 Å². The highest BCUT2D eigenvalue weighted by Crippen LogP contribution is 2.40. The van der Waals surface area contributed by atoms with Gasteiger partial charge in [-0.3, -0.25) is 4.79 Å². The molecule has 34 heavy (non-hydrogen) atoms. The van der Waals surface area contributed by atoms with E-state index < -0.39 is 90.5 Å². The van der Waals surface area contributed by atoms with E-state index in [2.05, 4.69) is 25.6 Å². The van der Waals surface area contributed by atoms with E-state index in [4.69, 9.17) is 34.0 Å². The average Bonchev–Trinajstić information content (AvgIpc) is 2.94. The molecule has 3 N–H and O–H groups in total. The van der Waals surface area contributed by atoms with Gasteiger partial charge in [0.2, 0.25) is 11.7 Å². The number of benzene rings is 1. The van der Waals surface area contributed by atoms with Crippen molar-refractivity contribution in [2.75, 3.05) is 37.3 Å². The molecule has 12 heteroatoms. The molecule has 1 aliphatic rings. The van der Waals surface area contributed by atoms with Crippen LogP contribution in [0.1, 0.15) is 28.8 Å². The molecule has 1 amide bonds. The Balaban J connectivity index is 1.78. The first-order valence-corrected chi connectivity index (χ1v) is 9.23. The Hall–Kier alpha value is -4.35. The third-order valence-corrected chi connectivity index (χ3v) is 4.20. The summed E-state index contributed by atoms with van der Waals surface area (Å²) in [5.41, 5.74) is -3.71. The van der Waals surface area contributed by atoms with Crippen LogP contribution in [0.3, 0.4) is 0 Å². The van der Waals surface area contributed by atoms with Gasteiger partial charge < -0.3 is 34.9 Å². The summed E-state index contributed by atoms with van der Waals surface area (Å²) in [6.45, 7) is -7.08. The monoisotopic (exact) mass is 481 g/mol. The number of carbonyl (C=O) groups is 1. The van der Waals surface area contributed by atoms with E-state index in [0.717, 1.165) is 0 Å². The maximum Gasteiger partial charge on any atom is 0.269 e. The van der Waals surface area contributed by atoms with Gasteiger partial charge in [-0.1, -0.05) is 0 Å². The topological polar surface area (TPSA) is 129 Å². The second-order valence-electron chi connectivity index (χ2n) is 6.42. The Morgan fingerprint density at radius 1 is 1.12 bits per heavy atom. The van der Waals surface area contributed by atoms with Gasteiger partial charge in [0.1, 0.15) is 5.82 Å². The van der Waals surface area contributed by atoms with Crippen molar-refractivity contribution in [2.45, 2.75) is 19.3 Å². The standard InChI is InChI=1S/C22H23FN6O5/c1-22(2)20(30)28-19-13(34-22)6-7-16(27-19)26-18-12(23)10-24-21(29-18)25-11-8-14(31-3)17(33-5)15(9-11)32-4/h6-10H,1-5H3,(H3,24,25,26,27,28,29,30)/i1D3,2D3,6D,7D,8D,9D,10D. The van der Waals surface area contributed by atoms with E-state index in [1.165, 1.54) is 21.3 Å². The van der Waals surface area contributed by atoms with Crippen molar-refractivity contribution >= 4 is 35.0 Å². The number of ether oxygens (including phenoxy) is 4. The molecule has 1 aromatic carbocycles. The molecule has 1 aliphatic heterocycles. The largest absolute Gasteiger partial charge is 0.493 e. The number of nitrogens with zero attached hydrogens (tertiary/aromatic N) is 3. The van der Waals surface area contributed by atoms with Crippen LogP contribution in [0.2, 0.25) is 0 Å².